The normalized spacial score (nSPS) is 15.8. The Balaban J connectivity index is 1.82. The standard InChI is InChI=1S/C18H19N5O/c1-22-9-11-23(12-10-22)18-20-16-15(17(24)21-18)14(7-8-19-16)13-5-3-2-4-6-13/h2-8H,9-12H2,1H3,(H,19,20,21,24). The van der Waals surface area contributed by atoms with Gasteiger partial charge in [0.1, 0.15) is 0 Å². The number of fused-ring (bicyclic) bond motifs is 1. The zero-order valence-electron chi connectivity index (χ0n) is 13.6. The molecule has 24 heavy (non-hydrogen) atoms. The Bertz CT molecular complexity index is 914. The van der Waals surface area contributed by atoms with E-state index in [1.54, 1.807) is 6.20 Å². The first-order valence-electron chi connectivity index (χ1n) is 8.10. The van der Waals surface area contributed by atoms with Gasteiger partial charge in [-0.05, 0) is 24.2 Å². The number of nitrogens with zero attached hydrogens (tertiary/aromatic N) is 4. The topological polar surface area (TPSA) is 65.1 Å². The summed E-state index contributed by atoms with van der Waals surface area (Å²) >= 11 is 0. The predicted molar refractivity (Wildman–Crippen MR) is 95.3 cm³/mol. The van der Waals surface area contributed by atoms with Gasteiger partial charge in [0.15, 0.2) is 5.65 Å². The number of anilines is 1. The van der Waals surface area contributed by atoms with Crippen molar-refractivity contribution in [1.82, 2.24) is 19.9 Å². The van der Waals surface area contributed by atoms with Crippen LogP contribution in [0.1, 0.15) is 0 Å². The minimum Gasteiger partial charge on any atom is -0.340 e. The van der Waals surface area contributed by atoms with Crippen LogP contribution in [0.3, 0.4) is 0 Å². The maximum atomic E-state index is 12.7. The van der Waals surface area contributed by atoms with E-state index < -0.39 is 0 Å². The summed E-state index contributed by atoms with van der Waals surface area (Å²) in [5.41, 5.74) is 2.21. The fourth-order valence-electron chi connectivity index (χ4n) is 3.08. The Hall–Kier alpha value is -2.73. The van der Waals surface area contributed by atoms with Crippen LogP contribution in [0.2, 0.25) is 0 Å². The maximum Gasteiger partial charge on any atom is 0.262 e. The lowest BCUT2D eigenvalue weighted by atomic mass is 10.0. The molecule has 0 radical (unpaired) electrons. The molecule has 1 aliphatic heterocycles. The van der Waals surface area contributed by atoms with Crippen molar-refractivity contribution in [3.05, 3.63) is 52.9 Å². The molecule has 1 aliphatic rings. The van der Waals surface area contributed by atoms with Gasteiger partial charge in [-0.3, -0.25) is 9.78 Å². The monoisotopic (exact) mass is 321 g/mol. The number of H-pyrrole nitrogens is 1. The van der Waals surface area contributed by atoms with E-state index in [0.29, 0.717) is 17.0 Å². The predicted octanol–water partition coefficient (Wildman–Crippen LogP) is 1.74. The quantitative estimate of drug-likeness (QED) is 0.779. The van der Waals surface area contributed by atoms with Crippen molar-refractivity contribution in [2.45, 2.75) is 0 Å². The largest absolute Gasteiger partial charge is 0.340 e. The number of rotatable bonds is 2. The molecule has 6 heteroatoms. The van der Waals surface area contributed by atoms with Gasteiger partial charge in [0.05, 0.1) is 5.39 Å². The smallest absolute Gasteiger partial charge is 0.262 e. The second-order valence-electron chi connectivity index (χ2n) is 6.10. The van der Waals surface area contributed by atoms with Gasteiger partial charge in [0.2, 0.25) is 5.95 Å². The second kappa shape index (κ2) is 6.05. The molecule has 4 rings (SSSR count). The van der Waals surface area contributed by atoms with E-state index in [1.165, 1.54) is 0 Å². The van der Waals surface area contributed by atoms with E-state index in [4.69, 9.17) is 0 Å². The molecule has 6 nitrogen and oxygen atoms in total. The van der Waals surface area contributed by atoms with Crippen LogP contribution in [0.5, 0.6) is 0 Å². The van der Waals surface area contributed by atoms with Gasteiger partial charge in [0.25, 0.3) is 5.56 Å². The number of hydrogen-bond acceptors (Lipinski definition) is 5. The molecule has 3 aromatic rings. The highest BCUT2D eigenvalue weighted by Gasteiger charge is 2.18. The summed E-state index contributed by atoms with van der Waals surface area (Å²) in [6, 6.07) is 11.7. The van der Waals surface area contributed by atoms with Gasteiger partial charge >= 0.3 is 0 Å². The van der Waals surface area contributed by atoms with E-state index in [9.17, 15) is 4.79 Å². The molecule has 1 N–H and O–H groups in total. The van der Waals surface area contributed by atoms with Crippen LogP contribution in [0.15, 0.2) is 47.4 Å². The fourth-order valence-corrected chi connectivity index (χ4v) is 3.08. The Labute approximate surface area is 139 Å². The number of aromatic nitrogens is 3. The summed E-state index contributed by atoms with van der Waals surface area (Å²) in [4.78, 5) is 29.0. The van der Waals surface area contributed by atoms with E-state index in [1.807, 2.05) is 36.4 Å². The molecule has 2 aromatic heterocycles. The van der Waals surface area contributed by atoms with E-state index in [0.717, 1.165) is 37.3 Å². The van der Waals surface area contributed by atoms with Crippen LogP contribution in [0.4, 0.5) is 5.95 Å². The van der Waals surface area contributed by atoms with Crippen molar-refractivity contribution >= 4 is 17.0 Å². The first-order chi connectivity index (χ1) is 11.7. The number of hydrogen-bond donors (Lipinski definition) is 1. The molecule has 0 amide bonds. The Morgan fingerprint density at radius 1 is 1.04 bits per heavy atom. The third-order valence-electron chi connectivity index (χ3n) is 4.48. The highest BCUT2D eigenvalue weighted by Crippen LogP contribution is 2.24. The van der Waals surface area contributed by atoms with Gasteiger partial charge < -0.3 is 9.80 Å². The molecule has 1 aromatic carbocycles. The van der Waals surface area contributed by atoms with Crippen molar-refractivity contribution in [3.63, 3.8) is 0 Å². The number of aromatic amines is 1. The van der Waals surface area contributed by atoms with Crippen LogP contribution in [0.25, 0.3) is 22.2 Å². The lowest BCUT2D eigenvalue weighted by Crippen LogP contribution is -2.45. The molecule has 122 valence electrons. The summed E-state index contributed by atoms with van der Waals surface area (Å²) in [7, 11) is 2.10. The van der Waals surface area contributed by atoms with Crippen molar-refractivity contribution in [2.75, 3.05) is 38.1 Å². The zero-order valence-corrected chi connectivity index (χ0v) is 13.6. The molecule has 0 bridgehead atoms. The van der Waals surface area contributed by atoms with Gasteiger partial charge in [-0.1, -0.05) is 30.3 Å². The minimum atomic E-state index is -0.138. The lowest BCUT2D eigenvalue weighted by Gasteiger charge is -2.32. The van der Waals surface area contributed by atoms with Gasteiger partial charge in [-0.25, -0.2) is 4.98 Å². The molecular weight excluding hydrogens is 302 g/mol. The van der Waals surface area contributed by atoms with Crippen molar-refractivity contribution < 1.29 is 0 Å². The molecule has 0 atom stereocenters. The zero-order chi connectivity index (χ0) is 16.5. The molecular formula is C18H19N5O. The first-order valence-corrected chi connectivity index (χ1v) is 8.10. The molecule has 1 saturated heterocycles. The van der Waals surface area contributed by atoms with Crippen LogP contribution in [-0.2, 0) is 0 Å². The number of pyridine rings is 1. The summed E-state index contributed by atoms with van der Waals surface area (Å²) in [5, 5.41) is 0.543. The molecule has 1 fully saturated rings. The number of nitrogens with one attached hydrogen (secondary N) is 1. The average molecular weight is 321 g/mol. The summed E-state index contributed by atoms with van der Waals surface area (Å²) in [6.45, 7) is 3.62. The van der Waals surface area contributed by atoms with E-state index in [2.05, 4.69) is 31.8 Å². The highest BCUT2D eigenvalue weighted by atomic mass is 16.1. The number of piperazine rings is 1. The average Bonchev–Trinajstić information content (AvgIpc) is 2.62. The Kier molecular flexibility index (Phi) is 3.74. The molecule has 3 heterocycles. The second-order valence-corrected chi connectivity index (χ2v) is 6.10. The highest BCUT2D eigenvalue weighted by molar-refractivity contribution is 5.92. The third kappa shape index (κ3) is 2.65. The van der Waals surface area contributed by atoms with Crippen LogP contribution >= 0.6 is 0 Å². The molecule has 0 spiro atoms. The van der Waals surface area contributed by atoms with Gasteiger partial charge in [-0.2, -0.15) is 4.98 Å². The van der Waals surface area contributed by atoms with Crippen molar-refractivity contribution in [1.29, 1.82) is 0 Å². The first kappa shape index (κ1) is 14.8. The van der Waals surface area contributed by atoms with Gasteiger partial charge in [-0.15, -0.1) is 0 Å². The number of benzene rings is 1. The summed E-state index contributed by atoms with van der Waals surface area (Å²) < 4.78 is 0. The minimum absolute atomic E-state index is 0.138. The third-order valence-corrected chi connectivity index (χ3v) is 4.48. The Morgan fingerprint density at radius 2 is 1.79 bits per heavy atom. The molecule has 0 aliphatic carbocycles. The molecule has 0 saturated carbocycles. The maximum absolute atomic E-state index is 12.7. The van der Waals surface area contributed by atoms with Crippen molar-refractivity contribution in [3.8, 4) is 11.1 Å². The van der Waals surface area contributed by atoms with Crippen LogP contribution in [-0.4, -0.2) is 53.1 Å². The van der Waals surface area contributed by atoms with Crippen molar-refractivity contribution in [2.24, 2.45) is 0 Å². The Morgan fingerprint density at radius 3 is 2.54 bits per heavy atom. The SMILES string of the molecule is CN1CCN(c2nc3nccc(-c4ccccc4)c3c(=O)[nH]2)CC1. The fraction of sp³-hybridized carbons (Fsp3) is 0.278. The summed E-state index contributed by atoms with van der Waals surface area (Å²) in [6.07, 6.45) is 1.71. The van der Waals surface area contributed by atoms with E-state index >= 15 is 0 Å². The van der Waals surface area contributed by atoms with Crippen LogP contribution < -0.4 is 10.5 Å². The number of likely N-dealkylation sites (N-methyl/N-ethyl adjacent to an activating group) is 1. The van der Waals surface area contributed by atoms with Gasteiger partial charge in [0, 0.05) is 32.4 Å². The summed E-state index contributed by atoms with van der Waals surface area (Å²) in [5.74, 6) is 0.610. The van der Waals surface area contributed by atoms with E-state index in [-0.39, 0.29) is 5.56 Å². The molecule has 0 unspecified atom stereocenters. The lowest BCUT2D eigenvalue weighted by molar-refractivity contribution is 0.311. The van der Waals surface area contributed by atoms with Crippen LogP contribution in [0, 0.1) is 0 Å².